The van der Waals surface area contributed by atoms with Crippen molar-refractivity contribution in [3.8, 4) is 0 Å². The van der Waals surface area contributed by atoms with E-state index in [0.29, 0.717) is 23.4 Å². The zero-order valence-corrected chi connectivity index (χ0v) is 26.6. The Morgan fingerprint density at radius 1 is 0.950 bits per heavy atom. The lowest BCUT2D eigenvalue weighted by atomic mass is 9.33. The average Bonchev–Trinajstić information content (AvgIpc) is 3.42. The first kappa shape index (κ1) is 28.5. The van der Waals surface area contributed by atoms with E-state index in [4.69, 9.17) is 0 Å². The fourth-order valence-electron chi connectivity index (χ4n) is 11.4. The molecular weight excluding hydrogens is 518 g/mol. The highest BCUT2D eigenvalue weighted by atomic mass is 32.1. The highest BCUT2D eigenvalue weighted by Crippen LogP contribution is 2.76. The Labute approximate surface area is 244 Å². The highest BCUT2D eigenvalue weighted by molar-refractivity contribution is 7.15. The molecule has 2 N–H and O–H groups in total. The lowest BCUT2D eigenvalue weighted by Gasteiger charge is -2.72. The number of ketones is 1. The Hall–Kier alpha value is -1.60. The van der Waals surface area contributed by atoms with Gasteiger partial charge >= 0.3 is 0 Å². The van der Waals surface area contributed by atoms with Crippen LogP contribution in [0.3, 0.4) is 0 Å². The number of carbonyl (C=O) groups is 2. The molecule has 0 unspecified atom stereocenters. The maximum Gasteiger partial charge on any atom is 0.237 e. The second-order valence-electron chi connectivity index (χ2n) is 15.7. The second kappa shape index (κ2) is 8.95. The first-order valence-corrected chi connectivity index (χ1v) is 16.5. The third-order valence-electron chi connectivity index (χ3n) is 13.6. The number of fused-ring (bicyclic) bond motifs is 7. The molecule has 0 aromatic carbocycles. The summed E-state index contributed by atoms with van der Waals surface area (Å²) in [4.78, 5) is 27.9. The summed E-state index contributed by atoms with van der Waals surface area (Å²) in [6.45, 7) is 18.4. The molecule has 40 heavy (non-hydrogen) atoms. The Kier molecular flexibility index (Phi) is 6.38. The number of nitrogens with one attached hydrogen (secondary N) is 1. The van der Waals surface area contributed by atoms with Gasteiger partial charge in [0.25, 0.3) is 0 Å². The third kappa shape index (κ3) is 3.55. The minimum absolute atomic E-state index is 0.0211. The summed E-state index contributed by atoms with van der Waals surface area (Å²) < 4.78 is 0. The smallest absolute Gasteiger partial charge is 0.237 e. The van der Waals surface area contributed by atoms with Crippen molar-refractivity contribution >= 4 is 28.2 Å². The lowest BCUT2D eigenvalue weighted by Crippen LogP contribution is -2.66. The van der Waals surface area contributed by atoms with Crippen molar-refractivity contribution in [2.75, 3.05) is 5.32 Å². The molecular formula is C33H49N3O3S. The van der Waals surface area contributed by atoms with Crippen LogP contribution in [0.15, 0.2) is 11.1 Å². The van der Waals surface area contributed by atoms with Crippen LogP contribution < -0.4 is 5.32 Å². The number of hydrogen-bond acceptors (Lipinski definition) is 6. The fraction of sp³-hybridized carbons (Fsp3) is 0.818. The number of hydrogen-bond donors (Lipinski definition) is 2. The molecule has 6 rings (SSSR count). The normalized spacial score (nSPS) is 44.1. The van der Waals surface area contributed by atoms with E-state index >= 15 is 0 Å². The van der Waals surface area contributed by atoms with E-state index in [1.165, 1.54) is 16.9 Å². The maximum absolute atomic E-state index is 14.2. The number of aliphatic hydroxyl groups is 1. The molecule has 0 aliphatic heterocycles. The summed E-state index contributed by atoms with van der Waals surface area (Å²) >= 11 is 1.39. The van der Waals surface area contributed by atoms with Gasteiger partial charge in [0.15, 0.2) is 5.78 Å². The maximum atomic E-state index is 14.2. The molecule has 4 fully saturated rings. The van der Waals surface area contributed by atoms with Gasteiger partial charge in [0, 0.05) is 6.42 Å². The number of amides is 1. The number of allylic oxidation sites excluding steroid dienone is 1. The van der Waals surface area contributed by atoms with Gasteiger partial charge in [-0.1, -0.05) is 59.8 Å². The van der Waals surface area contributed by atoms with Crippen LogP contribution in [0.5, 0.6) is 0 Å². The number of anilines is 1. The Bertz CT molecular complexity index is 1280. The third-order valence-corrected chi connectivity index (χ3v) is 14.3. The number of rotatable bonds is 3. The Morgan fingerprint density at radius 2 is 1.68 bits per heavy atom. The van der Waals surface area contributed by atoms with Crippen LogP contribution >= 0.6 is 11.3 Å². The lowest BCUT2D eigenvalue weighted by molar-refractivity contribution is -0.228. The van der Waals surface area contributed by atoms with Crippen LogP contribution in [0.1, 0.15) is 111 Å². The first-order valence-electron chi connectivity index (χ1n) is 15.7. The van der Waals surface area contributed by atoms with Gasteiger partial charge in [-0.3, -0.25) is 14.9 Å². The summed E-state index contributed by atoms with van der Waals surface area (Å²) in [7, 11) is 0. The van der Waals surface area contributed by atoms with Crippen molar-refractivity contribution < 1.29 is 14.7 Å². The van der Waals surface area contributed by atoms with Crippen molar-refractivity contribution in [2.45, 2.75) is 119 Å². The topological polar surface area (TPSA) is 92.2 Å². The molecule has 1 heterocycles. The highest BCUT2D eigenvalue weighted by Gasteiger charge is 2.70. The molecule has 0 radical (unpaired) electrons. The van der Waals surface area contributed by atoms with E-state index in [-0.39, 0.29) is 57.7 Å². The van der Waals surface area contributed by atoms with Gasteiger partial charge in [-0.25, -0.2) is 0 Å². The minimum Gasteiger partial charge on any atom is -0.393 e. The zero-order chi connectivity index (χ0) is 29.0. The molecule has 1 amide bonds. The van der Waals surface area contributed by atoms with Crippen LogP contribution in [0.4, 0.5) is 5.13 Å². The van der Waals surface area contributed by atoms with E-state index in [1.807, 2.05) is 6.92 Å². The molecule has 0 spiro atoms. The molecule has 0 bridgehead atoms. The second-order valence-corrected chi connectivity index (χ2v) is 16.9. The van der Waals surface area contributed by atoms with Crippen LogP contribution in [0.25, 0.3) is 0 Å². The molecule has 4 saturated carbocycles. The number of carbonyl (C=O) groups excluding carboxylic acids is 2. The summed E-state index contributed by atoms with van der Waals surface area (Å²) in [6, 6.07) is 0. The molecule has 6 nitrogen and oxygen atoms in total. The quantitative estimate of drug-likeness (QED) is 0.405. The summed E-state index contributed by atoms with van der Waals surface area (Å²) in [6.07, 6.45) is 8.19. The van der Waals surface area contributed by atoms with Gasteiger partial charge in [-0.2, -0.15) is 0 Å². The largest absolute Gasteiger partial charge is 0.393 e. The number of aromatic nitrogens is 2. The van der Waals surface area contributed by atoms with Crippen LogP contribution in [0, 0.1) is 57.7 Å². The minimum atomic E-state index is -0.776. The van der Waals surface area contributed by atoms with Crippen molar-refractivity contribution in [3.63, 3.8) is 0 Å². The molecule has 220 valence electrons. The van der Waals surface area contributed by atoms with Crippen molar-refractivity contribution in [2.24, 2.45) is 50.7 Å². The Balaban J connectivity index is 1.42. The molecule has 7 heteroatoms. The molecule has 8 atom stereocenters. The van der Waals surface area contributed by atoms with Gasteiger partial charge < -0.3 is 5.11 Å². The molecule has 1 aromatic heterocycles. The van der Waals surface area contributed by atoms with Gasteiger partial charge in [0.1, 0.15) is 5.01 Å². The van der Waals surface area contributed by atoms with Crippen molar-refractivity contribution in [1.29, 1.82) is 0 Å². The zero-order valence-electron chi connectivity index (χ0n) is 25.8. The Morgan fingerprint density at radius 3 is 2.33 bits per heavy atom. The molecule has 1 aromatic rings. The number of aryl methyl sites for hydroxylation is 1. The van der Waals surface area contributed by atoms with Crippen LogP contribution in [-0.4, -0.2) is 33.1 Å². The van der Waals surface area contributed by atoms with Crippen molar-refractivity contribution in [3.05, 3.63) is 16.2 Å². The molecule has 0 saturated heterocycles. The van der Waals surface area contributed by atoms with Crippen LogP contribution in [-0.2, 0) is 9.59 Å². The van der Waals surface area contributed by atoms with Gasteiger partial charge in [0.05, 0.1) is 11.5 Å². The average molecular weight is 568 g/mol. The van der Waals surface area contributed by atoms with E-state index in [2.05, 4.69) is 64.0 Å². The summed E-state index contributed by atoms with van der Waals surface area (Å²) in [5.41, 5.74) is 1.61. The van der Waals surface area contributed by atoms with E-state index in [0.717, 1.165) is 55.5 Å². The van der Waals surface area contributed by atoms with Gasteiger partial charge in [-0.15, -0.1) is 10.2 Å². The van der Waals surface area contributed by atoms with E-state index in [9.17, 15) is 14.7 Å². The summed E-state index contributed by atoms with van der Waals surface area (Å²) in [5, 5.41) is 23.7. The first-order chi connectivity index (χ1) is 18.6. The van der Waals surface area contributed by atoms with Crippen LogP contribution in [0.2, 0.25) is 0 Å². The van der Waals surface area contributed by atoms with Gasteiger partial charge in [-0.05, 0) is 115 Å². The number of nitrogens with zero attached hydrogens (tertiary/aromatic N) is 2. The molecule has 5 aliphatic rings. The van der Waals surface area contributed by atoms with E-state index < -0.39 is 5.41 Å². The van der Waals surface area contributed by atoms with Gasteiger partial charge in [0.2, 0.25) is 11.0 Å². The van der Waals surface area contributed by atoms with E-state index in [1.54, 1.807) is 0 Å². The van der Waals surface area contributed by atoms with Crippen molar-refractivity contribution in [1.82, 2.24) is 10.2 Å². The predicted octanol–water partition coefficient (Wildman–Crippen LogP) is 7.13. The summed E-state index contributed by atoms with van der Waals surface area (Å²) in [5.74, 6) is 1.54. The monoisotopic (exact) mass is 567 g/mol. The number of Topliss-reactive ketones (excluding diaryl/α,β-unsaturated/α-hetero) is 1. The standard InChI is InChI=1S/C33H49N3O3S/c1-18(2)25-21(37)17-33(27(39)34-28-36-35-19(3)40-28)16-15-31(7)20(26(25)33)9-10-23-30(6)13-12-24(38)29(4,5)22(30)11-14-32(23,31)8/h18,20,22-24,38H,9-17H2,1-8H3,(H,34,36,39)/t20-,22+,23-,24+,30+,31-,32-,33-/m1/s1. The fourth-order valence-corrected chi connectivity index (χ4v) is 12.0. The molecule has 5 aliphatic carbocycles. The SMILES string of the molecule is Cc1nnc(NC(=O)[C@@]23CC[C@]4(C)[C@H](CC[C@@H]5[C@@]6(C)CC[C@H](O)C(C)(C)[C@@H]6CC[C@]54C)C2=C(C(C)C)C(=O)C3)s1. The number of aliphatic hydroxyl groups excluding tert-OH is 1. The predicted molar refractivity (Wildman–Crippen MR) is 159 cm³/mol.